The maximum Gasteiger partial charge on any atom is 0.220 e. The lowest BCUT2D eigenvalue weighted by atomic mass is 10.0. The highest BCUT2D eigenvalue weighted by molar-refractivity contribution is 5.76. The van der Waals surface area contributed by atoms with Gasteiger partial charge < -0.3 is 20.6 Å². The third-order valence-corrected chi connectivity index (χ3v) is 10.5. The number of aliphatic hydroxyl groups excluding tert-OH is 3. The SMILES string of the molecule is CCCCCCCCCCCC/C=C\CCCCCCCCCC(=O)NC(CO)C(O)C(O)CCC/C=C/CCCCCCCCCCCCC. The Bertz CT molecular complexity index is 754. The molecule has 0 heterocycles. The topological polar surface area (TPSA) is 89.8 Å². The van der Waals surface area contributed by atoms with Crippen molar-refractivity contribution in [3.63, 3.8) is 0 Å². The highest BCUT2D eigenvalue weighted by Crippen LogP contribution is 2.15. The minimum atomic E-state index is -1.16. The third kappa shape index (κ3) is 37.0. The van der Waals surface area contributed by atoms with Gasteiger partial charge in [0.1, 0.15) is 6.10 Å². The first-order valence-corrected chi connectivity index (χ1v) is 22.6. The van der Waals surface area contributed by atoms with Crippen molar-refractivity contribution >= 4 is 5.91 Å². The second-order valence-electron chi connectivity index (χ2n) is 15.6. The monoisotopic (exact) mass is 720 g/mol. The van der Waals surface area contributed by atoms with Crippen molar-refractivity contribution in [1.29, 1.82) is 0 Å². The summed E-state index contributed by atoms with van der Waals surface area (Å²) in [4.78, 5) is 12.4. The molecule has 0 rings (SSSR count). The number of rotatable bonds is 41. The van der Waals surface area contributed by atoms with Gasteiger partial charge in [-0.05, 0) is 64.2 Å². The van der Waals surface area contributed by atoms with E-state index < -0.39 is 18.2 Å². The minimum absolute atomic E-state index is 0.157. The molecule has 0 bridgehead atoms. The second-order valence-corrected chi connectivity index (χ2v) is 15.6. The zero-order valence-corrected chi connectivity index (χ0v) is 34.2. The van der Waals surface area contributed by atoms with Gasteiger partial charge in [-0.2, -0.15) is 0 Å². The first kappa shape index (κ1) is 49.8. The van der Waals surface area contributed by atoms with Crippen molar-refractivity contribution < 1.29 is 20.1 Å². The van der Waals surface area contributed by atoms with E-state index in [0.29, 0.717) is 12.8 Å². The van der Waals surface area contributed by atoms with Crippen molar-refractivity contribution in [3.05, 3.63) is 24.3 Å². The summed E-state index contributed by atoms with van der Waals surface area (Å²) in [6.07, 6.45) is 50.0. The summed E-state index contributed by atoms with van der Waals surface area (Å²) in [6.45, 7) is 4.17. The molecule has 5 nitrogen and oxygen atoms in total. The Kier molecular flexibility index (Phi) is 40.6. The third-order valence-electron chi connectivity index (χ3n) is 10.5. The Labute approximate surface area is 318 Å². The highest BCUT2D eigenvalue weighted by Gasteiger charge is 2.26. The van der Waals surface area contributed by atoms with Crippen LogP contribution >= 0.6 is 0 Å². The Morgan fingerprint density at radius 3 is 1.14 bits per heavy atom. The van der Waals surface area contributed by atoms with Crippen LogP contribution in [0.5, 0.6) is 0 Å². The number of carbonyl (C=O) groups is 1. The van der Waals surface area contributed by atoms with Gasteiger partial charge in [-0.3, -0.25) is 4.79 Å². The molecule has 0 fully saturated rings. The van der Waals surface area contributed by atoms with Gasteiger partial charge in [0.15, 0.2) is 0 Å². The van der Waals surface area contributed by atoms with E-state index in [1.165, 1.54) is 173 Å². The first-order chi connectivity index (χ1) is 25.1. The van der Waals surface area contributed by atoms with E-state index in [1.807, 2.05) is 0 Å². The van der Waals surface area contributed by atoms with Crippen molar-refractivity contribution in [1.82, 2.24) is 5.32 Å². The molecule has 0 aliphatic carbocycles. The van der Waals surface area contributed by atoms with Gasteiger partial charge in [0.05, 0.1) is 18.8 Å². The zero-order chi connectivity index (χ0) is 37.3. The number of allylic oxidation sites excluding steroid dienone is 4. The molecule has 0 saturated carbocycles. The molecule has 0 radical (unpaired) electrons. The molecule has 3 unspecified atom stereocenters. The number of nitrogens with one attached hydrogen (secondary N) is 1. The lowest BCUT2D eigenvalue weighted by Gasteiger charge is -2.26. The fourth-order valence-electron chi connectivity index (χ4n) is 6.98. The lowest BCUT2D eigenvalue weighted by Crippen LogP contribution is -2.50. The van der Waals surface area contributed by atoms with Crippen LogP contribution in [0.15, 0.2) is 24.3 Å². The molecule has 3 atom stereocenters. The molecule has 0 aliphatic rings. The van der Waals surface area contributed by atoms with E-state index in [1.54, 1.807) is 0 Å². The molecule has 302 valence electrons. The average Bonchev–Trinajstić information content (AvgIpc) is 3.13. The fraction of sp³-hybridized carbons (Fsp3) is 0.891. The van der Waals surface area contributed by atoms with Crippen LogP contribution in [0.4, 0.5) is 0 Å². The molecular weight excluding hydrogens is 631 g/mol. The Hall–Kier alpha value is -1.17. The van der Waals surface area contributed by atoms with E-state index in [9.17, 15) is 20.1 Å². The van der Waals surface area contributed by atoms with Crippen molar-refractivity contribution in [2.24, 2.45) is 0 Å². The highest BCUT2D eigenvalue weighted by atomic mass is 16.3. The lowest BCUT2D eigenvalue weighted by molar-refractivity contribution is -0.124. The Morgan fingerprint density at radius 1 is 0.471 bits per heavy atom. The standard InChI is InChI=1S/C46H89NO4/c1-3-5-7-9-11-13-15-17-19-21-22-23-24-25-27-29-31-33-35-37-39-41-45(50)47-43(42-48)46(51)44(49)40-38-36-34-32-30-28-26-20-18-16-14-12-10-8-6-4-2/h23-24,32,34,43-44,46,48-49,51H,3-22,25-31,33,35-42H2,1-2H3,(H,47,50)/b24-23-,34-32+. The van der Waals surface area contributed by atoms with Crippen molar-refractivity contribution in [2.75, 3.05) is 6.61 Å². The zero-order valence-electron chi connectivity index (χ0n) is 34.2. The van der Waals surface area contributed by atoms with Crippen LogP contribution in [0, 0.1) is 0 Å². The first-order valence-electron chi connectivity index (χ1n) is 22.6. The molecule has 0 aromatic rings. The van der Waals surface area contributed by atoms with Gasteiger partial charge in [-0.25, -0.2) is 0 Å². The summed E-state index contributed by atoms with van der Waals surface area (Å²) in [5.74, 6) is -0.157. The average molecular weight is 720 g/mol. The maximum absolute atomic E-state index is 12.4. The molecule has 0 aromatic heterocycles. The van der Waals surface area contributed by atoms with Gasteiger partial charge in [0.2, 0.25) is 5.91 Å². The summed E-state index contributed by atoms with van der Waals surface area (Å²) in [7, 11) is 0. The van der Waals surface area contributed by atoms with Crippen LogP contribution in [-0.4, -0.2) is 46.1 Å². The summed E-state index contributed by atoms with van der Waals surface area (Å²) < 4.78 is 0. The predicted octanol–water partition coefficient (Wildman–Crippen LogP) is 13.0. The van der Waals surface area contributed by atoms with E-state index in [-0.39, 0.29) is 12.5 Å². The smallest absolute Gasteiger partial charge is 0.220 e. The fourth-order valence-corrected chi connectivity index (χ4v) is 6.98. The second kappa shape index (κ2) is 41.6. The number of aliphatic hydroxyl groups is 3. The Morgan fingerprint density at radius 2 is 0.784 bits per heavy atom. The van der Waals surface area contributed by atoms with Crippen LogP contribution < -0.4 is 5.32 Å². The minimum Gasteiger partial charge on any atom is -0.394 e. The predicted molar refractivity (Wildman–Crippen MR) is 222 cm³/mol. The van der Waals surface area contributed by atoms with Gasteiger partial charge in [0, 0.05) is 6.42 Å². The number of carbonyl (C=O) groups excluding carboxylic acids is 1. The summed E-state index contributed by atoms with van der Waals surface area (Å²) in [5.41, 5.74) is 0. The summed E-state index contributed by atoms with van der Waals surface area (Å²) in [6, 6.07) is -0.826. The van der Waals surface area contributed by atoms with Crippen LogP contribution in [0.25, 0.3) is 0 Å². The molecule has 51 heavy (non-hydrogen) atoms. The number of amides is 1. The summed E-state index contributed by atoms with van der Waals surface area (Å²) >= 11 is 0. The number of unbranched alkanes of at least 4 members (excludes halogenated alkanes) is 29. The molecule has 0 saturated heterocycles. The molecule has 1 amide bonds. The van der Waals surface area contributed by atoms with Crippen LogP contribution in [-0.2, 0) is 4.79 Å². The number of hydrogen-bond donors (Lipinski definition) is 4. The molecule has 0 aromatic carbocycles. The van der Waals surface area contributed by atoms with Crippen molar-refractivity contribution in [3.8, 4) is 0 Å². The molecular formula is C46H89NO4. The van der Waals surface area contributed by atoms with E-state index in [0.717, 1.165) is 38.5 Å². The Balaban J connectivity index is 3.65. The quantitative estimate of drug-likeness (QED) is 0.0374. The largest absolute Gasteiger partial charge is 0.394 e. The van der Waals surface area contributed by atoms with Gasteiger partial charge >= 0.3 is 0 Å². The number of hydrogen-bond acceptors (Lipinski definition) is 4. The van der Waals surface area contributed by atoms with E-state index >= 15 is 0 Å². The van der Waals surface area contributed by atoms with Gasteiger partial charge in [-0.15, -0.1) is 0 Å². The van der Waals surface area contributed by atoms with Crippen LogP contribution in [0.1, 0.15) is 239 Å². The van der Waals surface area contributed by atoms with Gasteiger partial charge in [0.25, 0.3) is 0 Å². The molecule has 0 spiro atoms. The van der Waals surface area contributed by atoms with Crippen LogP contribution in [0.2, 0.25) is 0 Å². The summed E-state index contributed by atoms with van der Waals surface area (Å²) in [5, 5.41) is 33.5. The van der Waals surface area contributed by atoms with E-state index in [2.05, 4.69) is 43.5 Å². The molecule has 4 N–H and O–H groups in total. The van der Waals surface area contributed by atoms with E-state index in [4.69, 9.17) is 0 Å². The van der Waals surface area contributed by atoms with Crippen molar-refractivity contribution in [2.45, 2.75) is 257 Å². The maximum atomic E-state index is 12.4. The molecule has 5 heteroatoms. The normalized spacial score (nSPS) is 13.7. The van der Waals surface area contributed by atoms with Crippen LogP contribution in [0.3, 0.4) is 0 Å². The van der Waals surface area contributed by atoms with Gasteiger partial charge in [-0.1, -0.05) is 192 Å². The molecule has 0 aliphatic heterocycles.